The molecule has 0 bridgehead atoms. The van der Waals surface area contributed by atoms with Crippen molar-refractivity contribution in [1.82, 2.24) is 0 Å². The number of unbranched alkanes of at least 4 members (excludes halogenated alkanes) is 3. The zero-order chi connectivity index (χ0) is 17.1. The molecule has 0 saturated heterocycles. The molecule has 0 saturated carbocycles. The maximum atomic E-state index is 6.21. The fourth-order valence-electron chi connectivity index (χ4n) is 1.52. The van der Waals surface area contributed by atoms with Crippen molar-refractivity contribution < 1.29 is 0 Å². The normalized spacial score (nSPS) is 16.1. The van der Waals surface area contributed by atoms with Crippen LogP contribution in [0.5, 0.6) is 0 Å². The molecule has 1 atom stereocenters. The van der Waals surface area contributed by atoms with Gasteiger partial charge in [-0.2, -0.15) is 0 Å². The van der Waals surface area contributed by atoms with E-state index in [4.69, 9.17) is 116 Å². The third-order valence-corrected chi connectivity index (χ3v) is 9.24. The summed E-state index contributed by atoms with van der Waals surface area (Å²) in [6, 6.07) is 0. The smallest absolute Gasteiger partial charge is 0.120 e. The van der Waals surface area contributed by atoms with E-state index >= 15 is 0 Å². The number of hydrogen-bond acceptors (Lipinski definition) is 0. The van der Waals surface area contributed by atoms with E-state index in [2.05, 4.69) is 6.92 Å². The minimum Gasteiger partial charge on any atom is -0.120 e. The second kappa shape index (κ2) is 9.02. The van der Waals surface area contributed by atoms with Crippen LogP contribution in [-0.4, -0.2) is 22.2 Å². The second-order valence-electron chi connectivity index (χ2n) is 4.59. The average Bonchev–Trinajstić information content (AvgIpc) is 2.32. The molecule has 0 fully saturated rings. The Labute approximate surface area is 175 Å². The van der Waals surface area contributed by atoms with Crippen LogP contribution in [0.4, 0.5) is 0 Å². The van der Waals surface area contributed by atoms with Crippen LogP contribution in [0.2, 0.25) is 0 Å². The molecule has 21 heavy (non-hydrogen) atoms. The van der Waals surface area contributed by atoms with E-state index in [0.717, 1.165) is 25.7 Å². The van der Waals surface area contributed by atoms with E-state index in [1.54, 1.807) is 0 Å². The predicted molar refractivity (Wildman–Crippen MR) is 102 cm³/mol. The Morgan fingerprint density at radius 1 is 0.714 bits per heavy atom. The predicted octanol–water partition coefficient (Wildman–Crippen LogP) is 8.46. The zero-order valence-corrected chi connectivity index (χ0v) is 18.5. The Morgan fingerprint density at radius 3 is 1.57 bits per heavy atom. The van der Waals surface area contributed by atoms with E-state index in [-0.39, 0.29) is 0 Å². The summed E-state index contributed by atoms with van der Waals surface area (Å²) in [4.78, 5) is 0. The Balaban J connectivity index is 5.10. The second-order valence-corrected chi connectivity index (χ2v) is 11.4. The molecule has 0 aromatic carbocycles. The van der Waals surface area contributed by atoms with Crippen molar-refractivity contribution in [3.8, 4) is 0 Å². The summed E-state index contributed by atoms with van der Waals surface area (Å²) in [7, 11) is 0. The number of hydrogen-bond donors (Lipinski definition) is 0. The summed E-state index contributed by atoms with van der Waals surface area (Å²) < 4.78 is -8.67. The van der Waals surface area contributed by atoms with Crippen LogP contribution in [0, 0.1) is 0 Å². The van der Waals surface area contributed by atoms with Crippen molar-refractivity contribution in [2.75, 3.05) is 0 Å². The van der Waals surface area contributed by atoms with Crippen molar-refractivity contribution in [2.45, 2.75) is 61.2 Å². The molecular weight excluding hydrogens is 487 g/mol. The van der Waals surface area contributed by atoms with Gasteiger partial charge in [-0.15, -0.1) is 11.6 Å². The minimum atomic E-state index is -2.28. The van der Waals surface area contributed by atoms with Crippen molar-refractivity contribution >= 4 is 116 Å². The van der Waals surface area contributed by atoms with Gasteiger partial charge in [0, 0.05) is 0 Å². The van der Waals surface area contributed by atoms with Crippen molar-refractivity contribution in [3.63, 3.8) is 0 Å². The third-order valence-electron chi connectivity index (χ3n) is 2.87. The van der Waals surface area contributed by atoms with Gasteiger partial charge in [0.25, 0.3) is 0 Å². The Morgan fingerprint density at radius 2 is 1.19 bits per heavy atom. The largest absolute Gasteiger partial charge is 0.226 e. The minimum absolute atomic E-state index is 0.458. The van der Waals surface area contributed by atoms with Gasteiger partial charge in [0.05, 0.1) is 5.38 Å². The summed E-state index contributed by atoms with van der Waals surface area (Å²) in [5.41, 5.74) is 0. The van der Waals surface area contributed by atoms with E-state index in [1.165, 1.54) is 0 Å². The molecule has 128 valence electrons. The van der Waals surface area contributed by atoms with Crippen LogP contribution < -0.4 is 0 Å². The van der Waals surface area contributed by atoms with Gasteiger partial charge in [-0.1, -0.05) is 137 Å². The highest BCUT2D eigenvalue weighted by Gasteiger charge is 2.69. The average molecular weight is 501 g/mol. The molecule has 0 aliphatic carbocycles. The van der Waals surface area contributed by atoms with E-state index in [1.807, 2.05) is 0 Å². The molecule has 0 aromatic rings. The topological polar surface area (TPSA) is 0 Å². The fraction of sp³-hybridized carbons (Fsp3) is 1.00. The molecule has 0 amide bonds. The van der Waals surface area contributed by atoms with Gasteiger partial charge in [0.2, 0.25) is 3.79 Å². The van der Waals surface area contributed by atoms with Crippen LogP contribution in [0.3, 0.4) is 0 Å². The van der Waals surface area contributed by atoms with Gasteiger partial charge in [-0.3, -0.25) is 0 Å². The van der Waals surface area contributed by atoms with Gasteiger partial charge in [0.15, 0.2) is 13.0 Å². The molecule has 0 radical (unpaired) electrons. The summed E-state index contributed by atoms with van der Waals surface area (Å²) in [5.74, 6) is 0. The summed E-state index contributed by atoms with van der Waals surface area (Å²) in [6.07, 6.45) is 4.36. The lowest BCUT2D eigenvalue weighted by atomic mass is 10.0. The van der Waals surface area contributed by atoms with Crippen LogP contribution in [-0.2, 0) is 0 Å². The molecule has 0 aliphatic rings. The van der Waals surface area contributed by atoms with Gasteiger partial charge >= 0.3 is 0 Å². The van der Waals surface area contributed by atoms with Gasteiger partial charge in [-0.25, -0.2) is 0 Å². The molecule has 10 heteroatoms. The van der Waals surface area contributed by atoms with Crippen LogP contribution >= 0.6 is 116 Å². The fourth-order valence-corrected chi connectivity index (χ4v) is 4.20. The molecule has 0 rings (SSSR count). The Hall–Kier alpha value is 2.90. The lowest BCUT2D eigenvalue weighted by Crippen LogP contribution is -2.59. The Bertz CT molecular complexity index is 319. The van der Waals surface area contributed by atoms with E-state index in [9.17, 15) is 0 Å². The molecule has 0 aliphatic heterocycles. The summed E-state index contributed by atoms with van der Waals surface area (Å²) >= 11 is 60.0. The first-order valence-corrected chi connectivity index (χ1v) is 9.91. The number of halogens is 10. The van der Waals surface area contributed by atoms with Crippen molar-refractivity contribution in [2.24, 2.45) is 0 Å². The lowest BCUT2D eigenvalue weighted by Gasteiger charge is -2.45. The first-order chi connectivity index (χ1) is 9.23. The molecule has 0 nitrogen and oxygen atoms in total. The Kier molecular flexibility index (Phi) is 10.3. The van der Waals surface area contributed by atoms with Crippen LogP contribution in [0.25, 0.3) is 0 Å². The van der Waals surface area contributed by atoms with Crippen molar-refractivity contribution in [3.05, 3.63) is 0 Å². The van der Waals surface area contributed by atoms with Crippen LogP contribution in [0.1, 0.15) is 39.0 Å². The molecular formula is C11H14Cl10. The standard InChI is InChI=1S/C11H14Cl10/c1-2-3-4-5-6-7(12)8(13,14)9(15,16)10(17,18)11(19,20)21/h7H,2-6H2,1H3. The first kappa shape index (κ1) is 23.9. The van der Waals surface area contributed by atoms with Gasteiger partial charge in [0.1, 0.15) is 0 Å². The molecule has 0 heterocycles. The van der Waals surface area contributed by atoms with Gasteiger partial charge < -0.3 is 0 Å². The molecule has 0 aromatic heterocycles. The van der Waals surface area contributed by atoms with Gasteiger partial charge in [-0.05, 0) is 6.42 Å². The maximum Gasteiger partial charge on any atom is 0.226 e. The van der Waals surface area contributed by atoms with Crippen LogP contribution in [0.15, 0.2) is 0 Å². The highest BCUT2D eigenvalue weighted by molar-refractivity contribution is 6.80. The SMILES string of the molecule is CCCCCCC(Cl)C(Cl)(Cl)C(Cl)(Cl)C(Cl)(Cl)C(Cl)(Cl)Cl. The lowest BCUT2D eigenvalue weighted by molar-refractivity contribution is 0.517. The third kappa shape index (κ3) is 5.70. The quantitative estimate of drug-likeness (QED) is 0.232. The molecule has 1 unspecified atom stereocenters. The maximum absolute atomic E-state index is 6.21. The number of rotatable bonds is 8. The highest BCUT2D eigenvalue weighted by Crippen LogP contribution is 2.63. The monoisotopic (exact) mass is 496 g/mol. The van der Waals surface area contributed by atoms with E-state index < -0.39 is 22.2 Å². The number of alkyl halides is 10. The molecule has 0 N–H and O–H groups in total. The molecule has 0 spiro atoms. The zero-order valence-electron chi connectivity index (χ0n) is 10.9. The van der Waals surface area contributed by atoms with Crippen molar-refractivity contribution in [1.29, 1.82) is 0 Å². The first-order valence-electron chi connectivity index (χ1n) is 6.07. The highest BCUT2D eigenvalue weighted by atomic mass is 35.6. The summed E-state index contributed by atoms with van der Waals surface area (Å²) in [6.45, 7) is 2.09. The summed E-state index contributed by atoms with van der Waals surface area (Å²) in [5, 5.41) is -0.836. The van der Waals surface area contributed by atoms with E-state index in [0.29, 0.717) is 6.42 Å².